The second-order valence-corrected chi connectivity index (χ2v) is 8.53. The summed E-state index contributed by atoms with van der Waals surface area (Å²) >= 11 is 0. The van der Waals surface area contributed by atoms with Gasteiger partial charge in [0.1, 0.15) is 5.82 Å². The molecular formula is C23H28N6O2. The molecule has 1 amide bonds. The fourth-order valence-corrected chi connectivity index (χ4v) is 4.70. The molecule has 0 aromatic carbocycles. The summed E-state index contributed by atoms with van der Waals surface area (Å²) in [5, 5.41) is 8.21. The van der Waals surface area contributed by atoms with Gasteiger partial charge in [-0.1, -0.05) is 0 Å². The van der Waals surface area contributed by atoms with Crippen molar-refractivity contribution in [3.8, 4) is 11.1 Å². The molecule has 1 saturated carbocycles. The molecule has 3 aromatic heterocycles. The molecule has 3 aromatic rings. The van der Waals surface area contributed by atoms with Crippen molar-refractivity contribution in [3.05, 3.63) is 36.9 Å². The number of morpholine rings is 1. The zero-order valence-corrected chi connectivity index (χ0v) is 17.8. The molecule has 8 heteroatoms. The quantitative estimate of drug-likeness (QED) is 0.699. The van der Waals surface area contributed by atoms with Gasteiger partial charge in [-0.2, -0.15) is 5.10 Å². The monoisotopic (exact) mass is 420 g/mol. The molecule has 2 aliphatic rings. The zero-order valence-electron chi connectivity index (χ0n) is 17.8. The van der Waals surface area contributed by atoms with Gasteiger partial charge in [0.05, 0.1) is 31.1 Å². The molecule has 5 rings (SSSR count). The van der Waals surface area contributed by atoms with Crippen molar-refractivity contribution >= 4 is 22.6 Å². The van der Waals surface area contributed by atoms with Crippen LogP contribution in [0.1, 0.15) is 25.7 Å². The lowest BCUT2D eigenvalue weighted by atomic mass is 9.84. The second kappa shape index (κ2) is 8.72. The van der Waals surface area contributed by atoms with Gasteiger partial charge in [-0.25, -0.2) is 4.98 Å². The average molecular weight is 421 g/mol. The highest BCUT2D eigenvalue weighted by atomic mass is 16.5. The molecule has 0 unspecified atom stereocenters. The third kappa shape index (κ3) is 4.45. The van der Waals surface area contributed by atoms with E-state index in [4.69, 9.17) is 4.74 Å². The van der Waals surface area contributed by atoms with E-state index in [0.717, 1.165) is 74.0 Å². The fraction of sp³-hybridized carbons (Fsp3) is 0.478. The summed E-state index contributed by atoms with van der Waals surface area (Å²) in [7, 11) is 1.89. The Morgan fingerprint density at radius 1 is 1.03 bits per heavy atom. The van der Waals surface area contributed by atoms with Gasteiger partial charge in [0, 0.05) is 61.0 Å². The van der Waals surface area contributed by atoms with Crippen LogP contribution in [0.25, 0.3) is 22.0 Å². The van der Waals surface area contributed by atoms with Crippen LogP contribution in [0.4, 0.5) is 5.82 Å². The Morgan fingerprint density at radius 2 is 1.84 bits per heavy atom. The van der Waals surface area contributed by atoms with Crippen LogP contribution in [0.3, 0.4) is 0 Å². The number of aryl methyl sites for hydroxylation is 1. The van der Waals surface area contributed by atoms with E-state index in [0.29, 0.717) is 11.9 Å². The van der Waals surface area contributed by atoms with Gasteiger partial charge in [0.25, 0.3) is 0 Å². The van der Waals surface area contributed by atoms with Crippen LogP contribution >= 0.6 is 0 Å². The molecule has 8 nitrogen and oxygen atoms in total. The smallest absolute Gasteiger partial charge is 0.228 e. The molecule has 0 spiro atoms. The van der Waals surface area contributed by atoms with E-state index in [1.54, 1.807) is 10.9 Å². The molecule has 1 saturated heterocycles. The molecular weight excluding hydrogens is 392 g/mol. The van der Waals surface area contributed by atoms with E-state index in [-0.39, 0.29) is 11.8 Å². The highest BCUT2D eigenvalue weighted by molar-refractivity contribution is 5.94. The van der Waals surface area contributed by atoms with E-state index in [9.17, 15) is 4.79 Å². The van der Waals surface area contributed by atoms with Gasteiger partial charge < -0.3 is 10.1 Å². The lowest BCUT2D eigenvalue weighted by Crippen LogP contribution is -2.45. The molecule has 0 bridgehead atoms. The lowest BCUT2D eigenvalue weighted by molar-refractivity contribution is -0.121. The first kappa shape index (κ1) is 20.1. The summed E-state index contributed by atoms with van der Waals surface area (Å²) in [6.45, 7) is 3.67. The maximum absolute atomic E-state index is 12.9. The Labute approximate surface area is 181 Å². The lowest BCUT2D eigenvalue weighted by Gasteiger charge is -2.38. The maximum Gasteiger partial charge on any atom is 0.228 e. The first-order valence-electron chi connectivity index (χ1n) is 11.0. The minimum Gasteiger partial charge on any atom is -0.379 e. The number of amides is 1. The van der Waals surface area contributed by atoms with Gasteiger partial charge in [0.15, 0.2) is 0 Å². The third-order valence-corrected chi connectivity index (χ3v) is 6.49. The number of rotatable bonds is 4. The minimum atomic E-state index is 0.0506. The Kier molecular flexibility index (Phi) is 5.65. The summed E-state index contributed by atoms with van der Waals surface area (Å²) < 4.78 is 7.23. The van der Waals surface area contributed by atoms with Crippen molar-refractivity contribution in [2.75, 3.05) is 31.6 Å². The van der Waals surface area contributed by atoms with Gasteiger partial charge in [-0.3, -0.25) is 19.4 Å². The van der Waals surface area contributed by atoms with Crippen LogP contribution in [0.15, 0.2) is 36.9 Å². The standard InChI is InChI=1S/C23H28N6O2/c1-28-15-19(13-26-28)18-10-17-11-22(25-14-21(17)24-12-18)27-23(30)16-2-4-20(5-3-16)29-6-8-31-9-7-29/h10-16,20H,2-9H2,1H3,(H,25,27,30). The fourth-order valence-electron chi connectivity index (χ4n) is 4.70. The van der Waals surface area contributed by atoms with Gasteiger partial charge >= 0.3 is 0 Å². The molecule has 1 aliphatic carbocycles. The van der Waals surface area contributed by atoms with Crippen molar-refractivity contribution < 1.29 is 9.53 Å². The summed E-state index contributed by atoms with van der Waals surface area (Å²) in [5.74, 6) is 0.705. The van der Waals surface area contributed by atoms with Crippen LogP contribution in [-0.2, 0) is 16.6 Å². The summed E-state index contributed by atoms with van der Waals surface area (Å²) in [6.07, 6.45) is 11.3. The molecule has 0 radical (unpaired) electrons. The highest BCUT2D eigenvalue weighted by Gasteiger charge is 2.30. The van der Waals surface area contributed by atoms with Gasteiger partial charge in [-0.15, -0.1) is 0 Å². The highest BCUT2D eigenvalue weighted by Crippen LogP contribution is 2.29. The molecule has 2 fully saturated rings. The van der Waals surface area contributed by atoms with Crippen molar-refractivity contribution in [2.24, 2.45) is 13.0 Å². The van der Waals surface area contributed by atoms with Crippen LogP contribution in [0.2, 0.25) is 0 Å². The molecule has 1 N–H and O–H groups in total. The molecule has 1 aliphatic heterocycles. The molecule has 162 valence electrons. The number of ether oxygens (including phenoxy) is 1. The maximum atomic E-state index is 12.9. The van der Waals surface area contributed by atoms with Crippen LogP contribution < -0.4 is 5.32 Å². The van der Waals surface area contributed by atoms with Crippen LogP contribution in [0.5, 0.6) is 0 Å². The summed E-state index contributed by atoms with van der Waals surface area (Å²) in [4.78, 5) is 24.3. The topological polar surface area (TPSA) is 85.2 Å². The van der Waals surface area contributed by atoms with E-state index in [2.05, 4.69) is 31.3 Å². The first-order chi connectivity index (χ1) is 15.2. The van der Waals surface area contributed by atoms with E-state index < -0.39 is 0 Å². The number of carbonyl (C=O) groups excluding carboxylic acids is 1. The number of nitrogens with zero attached hydrogens (tertiary/aromatic N) is 5. The molecule has 0 atom stereocenters. The number of aromatic nitrogens is 4. The molecule has 31 heavy (non-hydrogen) atoms. The first-order valence-corrected chi connectivity index (χ1v) is 11.0. The molecule has 4 heterocycles. The van der Waals surface area contributed by atoms with Crippen molar-refractivity contribution in [1.29, 1.82) is 0 Å². The Hall–Kier alpha value is -2.84. The third-order valence-electron chi connectivity index (χ3n) is 6.49. The number of hydrogen-bond donors (Lipinski definition) is 1. The second-order valence-electron chi connectivity index (χ2n) is 8.53. The van der Waals surface area contributed by atoms with Gasteiger partial charge in [0.2, 0.25) is 5.91 Å². The number of hydrogen-bond acceptors (Lipinski definition) is 6. The van der Waals surface area contributed by atoms with Crippen molar-refractivity contribution in [3.63, 3.8) is 0 Å². The predicted octanol–water partition coefficient (Wildman–Crippen LogP) is 2.86. The Balaban J connectivity index is 1.24. The normalized spacial score (nSPS) is 22.5. The summed E-state index contributed by atoms with van der Waals surface area (Å²) in [6, 6.07) is 4.55. The van der Waals surface area contributed by atoms with Crippen LogP contribution in [0, 0.1) is 5.92 Å². The number of pyridine rings is 2. The number of carbonyl (C=O) groups is 1. The number of nitrogens with one attached hydrogen (secondary N) is 1. The van der Waals surface area contributed by atoms with Crippen LogP contribution in [-0.4, -0.2) is 62.9 Å². The SMILES string of the molecule is Cn1cc(-c2cnc3cnc(NC(=O)C4CCC(N5CCOCC5)CC4)cc3c2)cn1. The number of fused-ring (bicyclic) bond motifs is 1. The van der Waals surface area contributed by atoms with E-state index in [1.807, 2.05) is 31.7 Å². The van der Waals surface area contributed by atoms with Crippen molar-refractivity contribution in [1.82, 2.24) is 24.6 Å². The zero-order chi connectivity index (χ0) is 21.2. The summed E-state index contributed by atoms with van der Waals surface area (Å²) in [5.41, 5.74) is 2.80. The van der Waals surface area contributed by atoms with E-state index >= 15 is 0 Å². The van der Waals surface area contributed by atoms with Gasteiger partial charge in [-0.05, 0) is 37.8 Å². The Morgan fingerprint density at radius 3 is 2.58 bits per heavy atom. The number of anilines is 1. The minimum absolute atomic E-state index is 0.0506. The Bertz CT molecular complexity index is 1070. The van der Waals surface area contributed by atoms with E-state index in [1.165, 1.54) is 0 Å². The predicted molar refractivity (Wildman–Crippen MR) is 119 cm³/mol. The largest absolute Gasteiger partial charge is 0.379 e. The average Bonchev–Trinajstić information content (AvgIpc) is 3.25. The van der Waals surface area contributed by atoms with Crippen molar-refractivity contribution in [2.45, 2.75) is 31.7 Å².